The molecule has 1 aromatic rings. The van der Waals surface area contributed by atoms with Crippen LogP contribution < -0.4 is 11.1 Å². The number of halogens is 1. The van der Waals surface area contributed by atoms with E-state index in [9.17, 15) is 4.79 Å². The van der Waals surface area contributed by atoms with Crippen molar-refractivity contribution in [1.29, 1.82) is 0 Å². The quantitative estimate of drug-likeness (QED) is 0.595. The third kappa shape index (κ3) is 6.64. The van der Waals surface area contributed by atoms with Crippen molar-refractivity contribution in [2.45, 2.75) is 19.3 Å². The van der Waals surface area contributed by atoms with E-state index in [-0.39, 0.29) is 18.3 Å². The van der Waals surface area contributed by atoms with Crippen LogP contribution >= 0.6 is 12.4 Å². The number of nitrogens with two attached hydrogens (primary N) is 1. The molecule has 0 atom stereocenters. The zero-order valence-electron chi connectivity index (χ0n) is 12.8. The van der Waals surface area contributed by atoms with Crippen LogP contribution in [0.25, 0.3) is 0 Å². The number of hydrogen-bond donors (Lipinski definition) is 2. The van der Waals surface area contributed by atoms with E-state index in [1.807, 2.05) is 0 Å². The lowest BCUT2D eigenvalue weighted by Crippen LogP contribution is -2.26. The molecule has 22 heavy (non-hydrogen) atoms. The van der Waals surface area contributed by atoms with Gasteiger partial charge in [0.25, 0.3) is 5.91 Å². The van der Waals surface area contributed by atoms with Gasteiger partial charge in [-0.05, 0) is 43.4 Å². The number of carbonyl (C=O) groups excluding carboxylic acids is 1. The molecule has 6 heteroatoms. The highest BCUT2D eigenvalue weighted by Crippen LogP contribution is 2.14. The van der Waals surface area contributed by atoms with Crippen molar-refractivity contribution in [3.8, 4) is 0 Å². The summed E-state index contributed by atoms with van der Waals surface area (Å²) in [4.78, 5) is 11.9. The highest BCUT2D eigenvalue weighted by atomic mass is 35.5. The monoisotopic (exact) mass is 328 g/mol. The zero-order valence-corrected chi connectivity index (χ0v) is 13.6. The van der Waals surface area contributed by atoms with Gasteiger partial charge in [0.05, 0.1) is 0 Å². The number of ether oxygens (including phenoxy) is 2. The first kappa shape index (κ1) is 18.7. The molecule has 0 aromatic heterocycles. The summed E-state index contributed by atoms with van der Waals surface area (Å²) in [6.45, 7) is 3.79. The highest BCUT2D eigenvalue weighted by Gasteiger charge is 2.13. The summed E-state index contributed by atoms with van der Waals surface area (Å²) in [7, 11) is 0. The maximum Gasteiger partial charge on any atom is 0.251 e. The minimum Gasteiger partial charge on any atom is -0.399 e. The molecule has 0 aliphatic carbocycles. The Balaban J connectivity index is 0.00000242. The minimum absolute atomic E-state index is 0. The van der Waals surface area contributed by atoms with Crippen molar-refractivity contribution >= 4 is 24.0 Å². The van der Waals surface area contributed by atoms with Gasteiger partial charge in [-0.25, -0.2) is 0 Å². The van der Waals surface area contributed by atoms with Crippen molar-refractivity contribution in [3.05, 3.63) is 29.8 Å². The number of nitrogen functional groups attached to an aromatic ring is 1. The smallest absolute Gasteiger partial charge is 0.251 e. The average Bonchev–Trinajstić information content (AvgIpc) is 2.51. The minimum atomic E-state index is -0.0910. The Morgan fingerprint density at radius 2 is 2.14 bits per heavy atom. The molecular formula is C16H25ClN2O3. The van der Waals surface area contributed by atoms with Gasteiger partial charge >= 0.3 is 0 Å². The SMILES string of the molecule is Cl.Nc1cccc(C(=O)NCCCOCC2CCOCC2)c1. The van der Waals surface area contributed by atoms with Gasteiger partial charge in [-0.3, -0.25) is 4.79 Å². The first-order valence-corrected chi connectivity index (χ1v) is 7.55. The molecule has 3 N–H and O–H groups in total. The van der Waals surface area contributed by atoms with Gasteiger partial charge in [-0.1, -0.05) is 6.07 Å². The van der Waals surface area contributed by atoms with Crippen molar-refractivity contribution < 1.29 is 14.3 Å². The molecule has 1 aliphatic heterocycles. The second-order valence-electron chi connectivity index (χ2n) is 5.37. The predicted octanol–water partition coefficient (Wildman–Crippen LogP) is 2.25. The lowest BCUT2D eigenvalue weighted by molar-refractivity contribution is 0.0202. The summed E-state index contributed by atoms with van der Waals surface area (Å²) in [6.07, 6.45) is 3.00. The molecule has 1 heterocycles. The Morgan fingerprint density at radius 1 is 1.36 bits per heavy atom. The standard InChI is InChI=1S/C16H24N2O3.ClH/c17-15-4-1-3-14(11-15)16(19)18-7-2-8-21-12-13-5-9-20-10-6-13;/h1,3-4,11,13H,2,5-10,12,17H2,(H,18,19);1H. The first-order chi connectivity index (χ1) is 10.3. The van der Waals surface area contributed by atoms with E-state index in [1.165, 1.54) is 0 Å². The van der Waals surface area contributed by atoms with Crippen LogP contribution in [-0.4, -0.2) is 38.9 Å². The molecule has 5 nitrogen and oxygen atoms in total. The second kappa shape index (κ2) is 10.4. The Kier molecular flexibility index (Phi) is 8.89. The molecule has 0 bridgehead atoms. The Labute approximate surface area is 138 Å². The van der Waals surface area contributed by atoms with Crippen LogP contribution in [0.4, 0.5) is 5.69 Å². The summed E-state index contributed by atoms with van der Waals surface area (Å²) < 4.78 is 11.0. The fourth-order valence-corrected chi connectivity index (χ4v) is 2.32. The Hall–Kier alpha value is -1.30. The van der Waals surface area contributed by atoms with E-state index < -0.39 is 0 Å². The molecule has 0 radical (unpaired) electrons. The summed E-state index contributed by atoms with van der Waals surface area (Å²) in [5.74, 6) is 0.535. The number of carbonyl (C=O) groups is 1. The number of rotatable bonds is 7. The van der Waals surface area contributed by atoms with Crippen LogP contribution in [0.5, 0.6) is 0 Å². The maximum atomic E-state index is 11.9. The summed E-state index contributed by atoms with van der Waals surface area (Å²) in [5, 5.41) is 2.87. The molecule has 2 rings (SSSR count). The molecular weight excluding hydrogens is 304 g/mol. The van der Waals surface area contributed by atoms with Crippen LogP contribution in [0.1, 0.15) is 29.6 Å². The molecule has 1 fully saturated rings. The van der Waals surface area contributed by atoms with Gasteiger partial charge in [0.15, 0.2) is 0 Å². The van der Waals surface area contributed by atoms with E-state index in [1.54, 1.807) is 24.3 Å². The molecule has 0 unspecified atom stereocenters. The number of anilines is 1. The number of nitrogens with one attached hydrogen (secondary N) is 1. The van der Waals surface area contributed by atoms with E-state index >= 15 is 0 Å². The first-order valence-electron chi connectivity index (χ1n) is 7.55. The molecule has 0 saturated carbocycles. The van der Waals surface area contributed by atoms with Gasteiger partial charge < -0.3 is 20.5 Å². The number of benzene rings is 1. The maximum absolute atomic E-state index is 11.9. The summed E-state index contributed by atoms with van der Waals surface area (Å²) >= 11 is 0. The third-order valence-electron chi connectivity index (χ3n) is 3.59. The van der Waals surface area contributed by atoms with Gasteiger partial charge in [-0.15, -0.1) is 12.4 Å². The van der Waals surface area contributed by atoms with Crippen molar-refractivity contribution in [2.24, 2.45) is 5.92 Å². The van der Waals surface area contributed by atoms with E-state index in [0.29, 0.717) is 30.3 Å². The number of amides is 1. The van der Waals surface area contributed by atoms with E-state index in [0.717, 1.165) is 39.1 Å². The van der Waals surface area contributed by atoms with E-state index in [4.69, 9.17) is 15.2 Å². The molecule has 124 valence electrons. The third-order valence-corrected chi connectivity index (χ3v) is 3.59. The lowest BCUT2D eigenvalue weighted by atomic mass is 10.0. The zero-order chi connectivity index (χ0) is 14.9. The number of hydrogen-bond acceptors (Lipinski definition) is 4. The van der Waals surface area contributed by atoms with Crippen LogP contribution in [0.3, 0.4) is 0 Å². The van der Waals surface area contributed by atoms with Crippen LogP contribution in [0, 0.1) is 5.92 Å². The fourth-order valence-electron chi connectivity index (χ4n) is 2.32. The normalized spacial score (nSPS) is 15.1. The van der Waals surface area contributed by atoms with Gasteiger partial charge in [0.1, 0.15) is 0 Å². The molecule has 1 aromatic carbocycles. The van der Waals surface area contributed by atoms with Gasteiger partial charge in [0.2, 0.25) is 0 Å². The average molecular weight is 329 g/mol. The molecule has 0 spiro atoms. The van der Waals surface area contributed by atoms with Gasteiger partial charge in [-0.2, -0.15) is 0 Å². The van der Waals surface area contributed by atoms with Crippen LogP contribution in [-0.2, 0) is 9.47 Å². The Morgan fingerprint density at radius 3 is 2.86 bits per heavy atom. The van der Waals surface area contributed by atoms with Gasteiger partial charge in [0, 0.05) is 44.2 Å². The molecule has 1 saturated heterocycles. The molecule has 1 aliphatic rings. The fraction of sp³-hybridized carbons (Fsp3) is 0.562. The Bertz CT molecular complexity index is 451. The van der Waals surface area contributed by atoms with Crippen LogP contribution in [0.15, 0.2) is 24.3 Å². The van der Waals surface area contributed by atoms with E-state index in [2.05, 4.69) is 5.32 Å². The second-order valence-corrected chi connectivity index (χ2v) is 5.37. The lowest BCUT2D eigenvalue weighted by Gasteiger charge is -2.21. The predicted molar refractivity (Wildman–Crippen MR) is 89.4 cm³/mol. The van der Waals surface area contributed by atoms with Crippen LogP contribution in [0.2, 0.25) is 0 Å². The largest absolute Gasteiger partial charge is 0.399 e. The van der Waals surface area contributed by atoms with Crippen molar-refractivity contribution in [2.75, 3.05) is 38.7 Å². The van der Waals surface area contributed by atoms with Crippen molar-refractivity contribution in [3.63, 3.8) is 0 Å². The highest BCUT2D eigenvalue weighted by molar-refractivity contribution is 5.94. The topological polar surface area (TPSA) is 73.6 Å². The summed E-state index contributed by atoms with van der Waals surface area (Å²) in [6, 6.07) is 6.98. The summed E-state index contributed by atoms with van der Waals surface area (Å²) in [5.41, 5.74) is 6.85. The molecule has 1 amide bonds. The van der Waals surface area contributed by atoms with Crippen molar-refractivity contribution in [1.82, 2.24) is 5.32 Å².